The Bertz CT molecular complexity index is 795. The lowest BCUT2D eigenvalue weighted by Gasteiger charge is -1.95. The van der Waals surface area contributed by atoms with Gasteiger partial charge >= 0.3 is 0 Å². The van der Waals surface area contributed by atoms with Gasteiger partial charge in [0.05, 0.1) is 5.75 Å². The van der Waals surface area contributed by atoms with Gasteiger partial charge in [-0.3, -0.25) is 4.79 Å². The average Bonchev–Trinajstić information content (AvgIpc) is 2.95. The minimum absolute atomic E-state index is 0.182. The molecule has 7 heteroatoms. The molecule has 1 aromatic carbocycles. The summed E-state index contributed by atoms with van der Waals surface area (Å²) in [4.78, 5) is 22.2. The predicted molar refractivity (Wildman–Crippen MR) is 78.9 cm³/mol. The summed E-state index contributed by atoms with van der Waals surface area (Å²) in [6.45, 7) is 2.02. The third kappa shape index (κ3) is 3.38. The second-order valence-corrected chi connectivity index (χ2v) is 5.37. The highest BCUT2D eigenvalue weighted by molar-refractivity contribution is 7.98. The normalized spacial score (nSPS) is 10.7. The van der Waals surface area contributed by atoms with E-state index in [0.717, 1.165) is 5.56 Å². The van der Waals surface area contributed by atoms with Crippen molar-refractivity contribution >= 4 is 11.8 Å². The third-order valence-corrected chi connectivity index (χ3v) is 3.63. The van der Waals surface area contributed by atoms with Crippen molar-refractivity contribution in [1.29, 1.82) is 0 Å². The number of aryl methyl sites for hydroxylation is 1. The van der Waals surface area contributed by atoms with Crippen LogP contribution in [0.2, 0.25) is 0 Å². The second-order valence-electron chi connectivity index (χ2n) is 4.41. The van der Waals surface area contributed by atoms with Gasteiger partial charge in [-0.2, -0.15) is 4.98 Å². The number of hydrogen-bond donors (Lipinski definition) is 1. The summed E-state index contributed by atoms with van der Waals surface area (Å²) in [5.41, 5.74) is 1.90. The van der Waals surface area contributed by atoms with E-state index in [9.17, 15) is 4.79 Å². The fraction of sp³-hybridized carbons (Fsp3) is 0.143. The van der Waals surface area contributed by atoms with Crippen LogP contribution in [-0.2, 0) is 5.75 Å². The summed E-state index contributed by atoms with van der Waals surface area (Å²) < 4.78 is 5.20. The van der Waals surface area contributed by atoms with Crippen molar-refractivity contribution in [1.82, 2.24) is 20.1 Å². The van der Waals surface area contributed by atoms with Crippen molar-refractivity contribution in [3.05, 3.63) is 58.3 Å². The van der Waals surface area contributed by atoms with E-state index in [2.05, 4.69) is 20.1 Å². The number of benzene rings is 1. The van der Waals surface area contributed by atoms with Crippen molar-refractivity contribution in [3.63, 3.8) is 0 Å². The summed E-state index contributed by atoms with van der Waals surface area (Å²) in [6.07, 6.45) is 1.46. The van der Waals surface area contributed by atoms with Gasteiger partial charge in [0, 0.05) is 17.8 Å². The Morgan fingerprint density at radius 3 is 2.81 bits per heavy atom. The van der Waals surface area contributed by atoms with Crippen molar-refractivity contribution in [2.75, 3.05) is 0 Å². The number of H-pyrrole nitrogens is 1. The molecule has 0 aliphatic carbocycles. The Kier molecular flexibility index (Phi) is 3.83. The zero-order chi connectivity index (χ0) is 14.7. The van der Waals surface area contributed by atoms with Crippen LogP contribution < -0.4 is 5.56 Å². The van der Waals surface area contributed by atoms with E-state index in [0.29, 0.717) is 22.6 Å². The van der Waals surface area contributed by atoms with Crippen LogP contribution in [0.5, 0.6) is 0 Å². The molecule has 0 fully saturated rings. The molecule has 2 aromatic heterocycles. The van der Waals surface area contributed by atoms with Crippen LogP contribution >= 0.6 is 11.8 Å². The first-order chi connectivity index (χ1) is 10.2. The van der Waals surface area contributed by atoms with Gasteiger partial charge in [-0.05, 0) is 6.92 Å². The highest BCUT2D eigenvalue weighted by Gasteiger charge is 2.09. The van der Waals surface area contributed by atoms with Gasteiger partial charge in [-0.15, -0.1) is 0 Å². The Balaban J connectivity index is 1.70. The van der Waals surface area contributed by atoms with E-state index >= 15 is 0 Å². The van der Waals surface area contributed by atoms with Crippen LogP contribution in [0.1, 0.15) is 11.5 Å². The summed E-state index contributed by atoms with van der Waals surface area (Å²) >= 11 is 1.34. The molecule has 3 rings (SSSR count). The van der Waals surface area contributed by atoms with Crippen LogP contribution in [0.15, 0.2) is 51.0 Å². The molecule has 0 spiro atoms. The minimum atomic E-state index is -0.182. The fourth-order valence-corrected chi connectivity index (χ4v) is 2.37. The first-order valence-electron chi connectivity index (χ1n) is 6.28. The van der Waals surface area contributed by atoms with Gasteiger partial charge in [0.1, 0.15) is 0 Å². The number of hydrogen-bond acceptors (Lipinski definition) is 6. The second kappa shape index (κ2) is 5.92. The molecule has 6 nitrogen and oxygen atoms in total. The number of thioether (sulfide) groups is 1. The molecule has 0 amide bonds. The van der Waals surface area contributed by atoms with Crippen molar-refractivity contribution in [3.8, 4) is 11.4 Å². The van der Waals surface area contributed by atoms with Crippen LogP contribution in [0.3, 0.4) is 0 Å². The fourth-order valence-electron chi connectivity index (χ4n) is 1.69. The summed E-state index contributed by atoms with van der Waals surface area (Å²) in [5.74, 6) is 1.49. The summed E-state index contributed by atoms with van der Waals surface area (Å²) in [6, 6.07) is 9.27. The maximum Gasteiger partial charge on any atom is 0.251 e. The maximum atomic E-state index is 11.2. The number of aromatic amines is 1. The number of aromatic nitrogens is 4. The van der Waals surface area contributed by atoms with E-state index in [1.807, 2.05) is 31.2 Å². The minimum Gasteiger partial charge on any atom is -0.338 e. The van der Waals surface area contributed by atoms with Crippen LogP contribution in [0, 0.1) is 6.92 Å². The van der Waals surface area contributed by atoms with Gasteiger partial charge in [0.2, 0.25) is 11.7 Å². The molecule has 1 N–H and O–H groups in total. The highest BCUT2D eigenvalue weighted by atomic mass is 32.2. The SMILES string of the molecule is Cc1ccc(-c2noc(CSc3nccc(=O)[nH]3)n2)cc1. The Hall–Kier alpha value is -2.41. The largest absolute Gasteiger partial charge is 0.338 e. The molecule has 0 saturated heterocycles. The van der Waals surface area contributed by atoms with Crippen molar-refractivity contribution in [2.24, 2.45) is 0 Å². The molecule has 0 unspecified atom stereocenters. The Morgan fingerprint density at radius 1 is 1.24 bits per heavy atom. The monoisotopic (exact) mass is 300 g/mol. The lowest BCUT2D eigenvalue weighted by atomic mass is 10.1. The highest BCUT2D eigenvalue weighted by Crippen LogP contribution is 2.20. The van der Waals surface area contributed by atoms with Crippen LogP contribution in [0.4, 0.5) is 0 Å². The first-order valence-corrected chi connectivity index (χ1v) is 7.27. The molecule has 0 bridgehead atoms. The molecule has 21 heavy (non-hydrogen) atoms. The summed E-state index contributed by atoms with van der Waals surface area (Å²) in [5, 5.41) is 4.48. The van der Waals surface area contributed by atoms with Crippen molar-refractivity contribution in [2.45, 2.75) is 17.8 Å². The zero-order valence-electron chi connectivity index (χ0n) is 11.2. The average molecular weight is 300 g/mol. The van der Waals surface area contributed by atoms with Gasteiger partial charge in [0.25, 0.3) is 5.56 Å². The van der Waals surface area contributed by atoms with Crippen molar-refractivity contribution < 1.29 is 4.52 Å². The van der Waals surface area contributed by atoms with Gasteiger partial charge < -0.3 is 9.51 Å². The van der Waals surface area contributed by atoms with Crippen LogP contribution in [0.25, 0.3) is 11.4 Å². The lowest BCUT2D eigenvalue weighted by Crippen LogP contribution is -2.05. The van der Waals surface area contributed by atoms with Crippen LogP contribution in [-0.4, -0.2) is 20.1 Å². The molecule has 106 valence electrons. The standard InChI is InChI=1S/C14H12N4O2S/c1-9-2-4-10(5-3-9)13-17-12(20-18-13)8-21-14-15-7-6-11(19)16-14/h2-7H,8H2,1H3,(H,15,16,19). The Morgan fingerprint density at radius 2 is 2.05 bits per heavy atom. The van der Waals surface area contributed by atoms with E-state index in [1.165, 1.54) is 29.6 Å². The molecule has 0 aliphatic heterocycles. The van der Waals surface area contributed by atoms with E-state index in [1.54, 1.807) is 0 Å². The smallest absolute Gasteiger partial charge is 0.251 e. The van der Waals surface area contributed by atoms with Gasteiger partial charge in [0.15, 0.2) is 5.16 Å². The molecular formula is C14H12N4O2S. The van der Waals surface area contributed by atoms with Gasteiger partial charge in [-0.25, -0.2) is 4.98 Å². The molecule has 0 saturated carbocycles. The molecule has 0 aliphatic rings. The predicted octanol–water partition coefficient (Wildman–Crippen LogP) is 2.42. The maximum absolute atomic E-state index is 11.2. The quantitative estimate of drug-likeness (QED) is 0.588. The zero-order valence-corrected chi connectivity index (χ0v) is 12.1. The Labute approximate surface area is 124 Å². The molecule has 3 aromatic rings. The van der Waals surface area contributed by atoms with Gasteiger partial charge in [-0.1, -0.05) is 46.7 Å². The molecular weight excluding hydrogens is 288 g/mol. The van der Waals surface area contributed by atoms with E-state index in [4.69, 9.17) is 4.52 Å². The third-order valence-electron chi connectivity index (χ3n) is 2.76. The lowest BCUT2D eigenvalue weighted by molar-refractivity contribution is 0.391. The number of nitrogens with one attached hydrogen (secondary N) is 1. The van der Waals surface area contributed by atoms with E-state index in [-0.39, 0.29) is 5.56 Å². The van der Waals surface area contributed by atoms with E-state index < -0.39 is 0 Å². The number of rotatable bonds is 4. The molecule has 0 radical (unpaired) electrons. The number of nitrogens with zero attached hydrogens (tertiary/aromatic N) is 3. The summed E-state index contributed by atoms with van der Waals surface area (Å²) in [7, 11) is 0. The topological polar surface area (TPSA) is 84.7 Å². The first kappa shape index (κ1) is 13.6. The molecule has 2 heterocycles. The molecule has 0 atom stereocenters.